The van der Waals surface area contributed by atoms with Crippen LogP contribution < -0.4 is 4.74 Å². The highest BCUT2D eigenvalue weighted by Gasteiger charge is 2.50. The van der Waals surface area contributed by atoms with Gasteiger partial charge in [-0.15, -0.1) is 0 Å². The van der Waals surface area contributed by atoms with Crippen LogP contribution in [0.15, 0.2) is 54.6 Å². The average molecular weight is 422 g/mol. The number of ether oxygens (including phenoxy) is 1. The number of aliphatic hydroxyl groups is 1. The third-order valence-electron chi connectivity index (χ3n) is 6.69. The minimum Gasteiger partial charge on any atom is -0.504 e. The fourth-order valence-electron chi connectivity index (χ4n) is 5.15. The first kappa shape index (κ1) is 21.4. The Morgan fingerprint density at radius 3 is 2.77 bits per heavy atom. The Morgan fingerprint density at radius 2 is 2.00 bits per heavy atom. The standard InChI is InChI=1S/C26H31NO4/c1-2-31-23-18-20(12-13-22(23)28)25-21-10-6-7-15-26(21,30)16-17-27(25)24(29)14-11-19-8-4-3-5-9-19/h3-5,8-9,11-14,18,21,25,28,30H,2,6-7,10,15-17H2,1H3/b14-11+/t21-,25-,26-/m0/s1. The molecule has 164 valence electrons. The van der Waals surface area contributed by atoms with Crippen molar-refractivity contribution in [3.8, 4) is 11.5 Å². The van der Waals surface area contributed by atoms with Crippen LogP contribution in [0.5, 0.6) is 11.5 Å². The van der Waals surface area contributed by atoms with Gasteiger partial charge in [0.15, 0.2) is 11.5 Å². The molecule has 1 aliphatic carbocycles. The number of fused-ring (bicyclic) bond motifs is 1. The van der Waals surface area contributed by atoms with Gasteiger partial charge in [0.25, 0.3) is 0 Å². The summed E-state index contributed by atoms with van der Waals surface area (Å²) in [5.74, 6) is 0.398. The smallest absolute Gasteiger partial charge is 0.247 e. The van der Waals surface area contributed by atoms with Gasteiger partial charge in [0.1, 0.15) is 0 Å². The Labute approximate surface area is 184 Å². The first-order valence-electron chi connectivity index (χ1n) is 11.2. The molecule has 1 saturated carbocycles. The predicted molar refractivity (Wildman–Crippen MR) is 121 cm³/mol. The Kier molecular flexibility index (Phi) is 6.33. The van der Waals surface area contributed by atoms with E-state index in [4.69, 9.17) is 4.74 Å². The van der Waals surface area contributed by atoms with Crippen LogP contribution in [0.3, 0.4) is 0 Å². The van der Waals surface area contributed by atoms with E-state index >= 15 is 0 Å². The normalized spacial score (nSPS) is 25.9. The zero-order valence-corrected chi connectivity index (χ0v) is 18.0. The number of phenols is 1. The minimum absolute atomic E-state index is 0.0388. The molecule has 0 bridgehead atoms. The van der Waals surface area contributed by atoms with E-state index in [0.29, 0.717) is 25.3 Å². The van der Waals surface area contributed by atoms with E-state index < -0.39 is 5.60 Å². The van der Waals surface area contributed by atoms with E-state index in [1.807, 2.05) is 60.4 Å². The number of hydrogen-bond donors (Lipinski definition) is 2. The molecule has 5 heteroatoms. The fraction of sp³-hybridized carbons (Fsp3) is 0.423. The van der Waals surface area contributed by atoms with E-state index in [0.717, 1.165) is 36.8 Å². The average Bonchev–Trinajstić information content (AvgIpc) is 2.79. The van der Waals surface area contributed by atoms with Crippen molar-refractivity contribution in [3.63, 3.8) is 0 Å². The van der Waals surface area contributed by atoms with E-state index in [-0.39, 0.29) is 23.6 Å². The highest BCUT2D eigenvalue weighted by Crippen LogP contribution is 2.50. The van der Waals surface area contributed by atoms with Crippen LogP contribution in [0.25, 0.3) is 6.08 Å². The number of likely N-dealkylation sites (tertiary alicyclic amines) is 1. The number of phenolic OH excluding ortho intramolecular Hbond substituents is 1. The van der Waals surface area contributed by atoms with Gasteiger partial charge >= 0.3 is 0 Å². The maximum absolute atomic E-state index is 13.3. The molecule has 2 aromatic carbocycles. The molecule has 0 spiro atoms. The van der Waals surface area contributed by atoms with Crippen molar-refractivity contribution in [2.45, 2.75) is 50.7 Å². The summed E-state index contributed by atoms with van der Waals surface area (Å²) in [6.07, 6.45) is 7.76. The van der Waals surface area contributed by atoms with E-state index in [2.05, 4.69) is 0 Å². The van der Waals surface area contributed by atoms with Gasteiger partial charge in [-0.05, 0) is 55.5 Å². The van der Waals surface area contributed by atoms with Gasteiger partial charge in [0, 0.05) is 18.5 Å². The maximum atomic E-state index is 13.3. The van der Waals surface area contributed by atoms with Gasteiger partial charge in [0.2, 0.25) is 5.91 Å². The maximum Gasteiger partial charge on any atom is 0.247 e. The molecule has 1 heterocycles. The topological polar surface area (TPSA) is 70.0 Å². The van der Waals surface area contributed by atoms with Crippen molar-refractivity contribution in [2.24, 2.45) is 5.92 Å². The van der Waals surface area contributed by atoms with Crippen molar-refractivity contribution in [2.75, 3.05) is 13.2 Å². The number of carbonyl (C=O) groups is 1. The minimum atomic E-state index is -0.757. The number of carbonyl (C=O) groups excluding carboxylic acids is 1. The molecule has 2 N–H and O–H groups in total. The number of rotatable bonds is 5. The number of nitrogens with zero attached hydrogens (tertiary/aromatic N) is 1. The van der Waals surface area contributed by atoms with Crippen LogP contribution in [-0.2, 0) is 4.79 Å². The molecule has 2 aromatic rings. The number of aromatic hydroxyl groups is 1. The molecular weight excluding hydrogens is 390 g/mol. The van der Waals surface area contributed by atoms with Crippen molar-refractivity contribution in [1.82, 2.24) is 4.90 Å². The summed E-state index contributed by atoms with van der Waals surface area (Å²) in [5.41, 5.74) is 1.11. The van der Waals surface area contributed by atoms with E-state index in [1.54, 1.807) is 12.1 Å². The van der Waals surface area contributed by atoms with Gasteiger partial charge in [-0.25, -0.2) is 0 Å². The summed E-state index contributed by atoms with van der Waals surface area (Å²) in [7, 11) is 0. The van der Waals surface area contributed by atoms with Crippen LogP contribution in [-0.4, -0.2) is 39.8 Å². The van der Waals surface area contributed by atoms with Gasteiger partial charge in [-0.2, -0.15) is 0 Å². The first-order chi connectivity index (χ1) is 15.0. The van der Waals surface area contributed by atoms with Crippen molar-refractivity contribution in [3.05, 3.63) is 65.7 Å². The molecule has 1 amide bonds. The number of piperidine rings is 1. The van der Waals surface area contributed by atoms with Crippen molar-refractivity contribution in [1.29, 1.82) is 0 Å². The Bertz CT molecular complexity index is 942. The molecule has 1 aliphatic heterocycles. The second-order valence-electron chi connectivity index (χ2n) is 8.59. The van der Waals surface area contributed by atoms with Crippen LogP contribution in [0.4, 0.5) is 0 Å². The lowest BCUT2D eigenvalue weighted by Gasteiger charge is -2.52. The van der Waals surface area contributed by atoms with E-state index in [9.17, 15) is 15.0 Å². The highest BCUT2D eigenvalue weighted by atomic mass is 16.5. The molecule has 5 nitrogen and oxygen atoms in total. The van der Waals surface area contributed by atoms with Gasteiger partial charge in [0.05, 0.1) is 18.2 Å². The lowest BCUT2D eigenvalue weighted by Crippen LogP contribution is -2.56. The van der Waals surface area contributed by atoms with Gasteiger partial charge < -0.3 is 19.8 Å². The molecule has 1 saturated heterocycles. The summed E-state index contributed by atoms with van der Waals surface area (Å²) in [4.78, 5) is 15.2. The molecule has 4 rings (SSSR count). The Balaban J connectivity index is 1.69. The third-order valence-corrected chi connectivity index (χ3v) is 6.69. The molecule has 3 atom stereocenters. The van der Waals surface area contributed by atoms with Crippen LogP contribution >= 0.6 is 0 Å². The predicted octanol–water partition coefficient (Wildman–Crippen LogP) is 4.70. The van der Waals surface area contributed by atoms with Gasteiger partial charge in [-0.3, -0.25) is 4.79 Å². The van der Waals surface area contributed by atoms with Crippen molar-refractivity contribution >= 4 is 12.0 Å². The molecule has 0 unspecified atom stereocenters. The molecular formula is C26H31NO4. The monoisotopic (exact) mass is 421 g/mol. The van der Waals surface area contributed by atoms with Crippen LogP contribution in [0.1, 0.15) is 56.2 Å². The zero-order valence-electron chi connectivity index (χ0n) is 18.0. The fourth-order valence-corrected chi connectivity index (χ4v) is 5.15. The lowest BCUT2D eigenvalue weighted by atomic mass is 9.66. The molecule has 31 heavy (non-hydrogen) atoms. The zero-order chi connectivity index (χ0) is 21.8. The van der Waals surface area contributed by atoms with Crippen LogP contribution in [0, 0.1) is 5.92 Å². The molecule has 0 aromatic heterocycles. The van der Waals surface area contributed by atoms with Gasteiger partial charge in [-0.1, -0.05) is 49.2 Å². The highest BCUT2D eigenvalue weighted by molar-refractivity contribution is 5.92. The van der Waals surface area contributed by atoms with Crippen LogP contribution in [0.2, 0.25) is 0 Å². The van der Waals surface area contributed by atoms with E-state index in [1.165, 1.54) is 0 Å². The summed E-state index contributed by atoms with van der Waals surface area (Å²) >= 11 is 0. The quantitative estimate of drug-likeness (QED) is 0.687. The lowest BCUT2D eigenvalue weighted by molar-refractivity contribution is -0.150. The summed E-state index contributed by atoms with van der Waals surface area (Å²) in [6, 6.07) is 14.8. The SMILES string of the molecule is CCOc1cc([C@H]2[C@@H]3CCCC[C@]3(O)CCN2C(=O)/C=C/c2ccccc2)ccc1O. The van der Waals surface area contributed by atoms with Crippen molar-refractivity contribution < 1.29 is 19.7 Å². The second kappa shape index (κ2) is 9.15. The number of hydrogen-bond acceptors (Lipinski definition) is 4. The summed E-state index contributed by atoms with van der Waals surface area (Å²) in [5, 5.41) is 21.6. The Hall–Kier alpha value is -2.79. The summed E-state index contributed by atoms with van der Waals surface area (Å²) in [6.45, 7) is 2.81. The second-order valence-corrected chi connectivity index (χ2v) is 8.59. The third kappa shape index (κ3) is 4.47. The Morgan fingerprint density at radius 1 is 1.19 bits per heavy atom. The number of benzene rings is 2. The molecule has 2 fully saturated rings. The number of amides is 1. The molecule has 2 aliphatic rings. The summed E-state index contributed by atoms with van der Waals surface area (Å²) < 4.78 is 5.60. The first-order valence-corrected chi connectivity index (χ1v) is 11.2. The molecule has 0 radical (unpaired) electrons. The largest absolute Gasteiger partial charge is 0.504 e.